The number of likely N-dealkylation sites (N-methyl/N-ethyl adjacent to an activating group) is 1. The molecular weight excluding hydrogens is 265 g/mol. The lowest BCUT2D eigenvalue weighted by Crippen LogP contribution is -2.27. The number of hydrogen-bond donors (Lipinski definition) is 0. The second kappa shape index (κ2) is 5.11. The van der Waals surface area contributed by atoms with Crippen molar-refractivity contribution in [3.63, 3.8) is 0 Å². The first kappa shape index (κ1) is 12.0. The number of hydrogen-bond acceptors (Lipinski definition) is 2. The van der Waals surface area contributed by atoms with Crippen LogP contribution in [0.1, 0.15) is 0 Å². The van der Waals surface area contributed by atoms with Gasteiger partial charge in [0.1, 0.15) is 11.6 Å². The summed E-state index contributed by atoms with van der Waals surface area (Å²) < 4.78 is 18.5. The SMILES string of the molecule is CN(C)C(=O)COc1ccc(Br)c(F)c1. The van der Waals surface area contributed by atoms with E-state index in [1.165, 1.54) is 17.0 Å². The smallest absolute Gasteiger partial charge is 0.259 e. The molecule has 0 aliphatic rings. The van der Waals surface area contributed by atoms with Crippen molar-refractivity contribution in [3.05, 3.63) is 28.5 Å². The molecule has 0 aromatic heterocycles. The van der Waals surface area contributed by atoms with Crippen LogP contribution < -0.4 is 4.74 Å². The molecule has 5 heteroatoms. The number of ether oxygens (including phenoxy) is 1. The highest BCUT2D eigenvalue weighted by molar-refractivity contribution is 9.10. The Morgan fingerprint density at radius 2 is 2.20 bits per heavy atom. The first-order chi connectivity index (χ1) is 7.00. The third-order valence-electron chi connectivity index (χ3n) is 1.75. The Balaban J connectivity index is 2.58. The van der Waals surface area contributed by atoms with E-state index < -0.39 is 5.82 Å². The molecule has 1 amide bonds. The topological polar surface area (TPSA) is 29.5 Å². The summed E-state index contributed by atoms with van der Waals surface area (Å²) in [7, 11) is 3.27. The molecule has 0 aliphatic carbocycles. The normalized spacial score (nSPS) is 9.87. The van der Waals surface area contributed by atoms with Crippen molar-refractivity contribution in [2.24, 2.45) is 0 Å². The van der Waals surface area contributed by atoms with Crippen LogP contribution in [-0.2, 0) is 4.79 Å². The number of amides is 1. The number of carbonyl (C=O) groups excluding carboxylic acids is 1. The van der Waals surface area contributed by atoms with Crippen molar-refractivity contribution in [1.29, 1.82) is 0 Å². The number of rotatable bonds is 3. The first-order valence-corrected chi connectivity index (χ1v) is 5.08. The molecule has 3 nitrogen and oxygen atoms in total. The number of carbonyl (C=O) groups is 1. The van der Waals surface area contributed by atoms with Gasteiger partial charge in [0.15, 0.2) is 6.61 Å². The second-order valence-electron chi connectivity index (χ2n) is 3.15. The molecule has 0 spiro atoms. The molecule has 1 aromatic rings. The Kier molecular flexibility index (Phi) is 4.08. The molecule has 15 heavy (non-hydrogen) atoms. The van der Waals surface area contributed by atoms with E-state index in [2.05, 4.69) is 15.9 Å². The van der Waals surface area contributed by atoms with Crippen LogP contribution in [0.4, 0.5) is 4.39 Å². The maximum Gasteiger partial charge on any atom is 0.259 e. The zero-order valence-corrected chi connectivity index (χ0v) is 10.0. The highest BCUT2D eigenvalue weighted by atomic mass is 79.9. The number of benzene rings is 1. The molecule has 0 atom stereocenters. The standard InChI is InChI=1S/C10H11BrFNO2/c1-13(2)10(14)6-15-7-3-4-8(11)9(12)5-7/h3-5H,6H2,1-2H3. The van der Waals surface area contributed by atoms with E-state index in [0.29, 0.717) is 10.2 Å². The van der Waals surface area contributed by atoms with Crippen LogP contribution in [0.3, 0.4) is 0 Å². The van der Waals surface area contributed by atoms with Crippen LogP contribution >= 0.6 is 15.9 Å². The van der Waals surface area contributed by atoms with Gasteiger partial charge in [0, 0.05) is 20.2 Å². The Labute approximate surface area is 96.0 Å². The number of nitrogens with zero attached hydrogens (tertiary/aromatic N) is 1. The lowest BCUT2D eigenvalue weighted by molar-refractivity contribution is -0.130. The molecule has 0 bridgehead atoms. The van der Waals surface area contributed by atoms with Gasteiger partial charge in [0.2, 0.25) is 0 Å². The van der Waals surface area contributed by atoms with Crippen molar-refractivity contribution in [1.82, 2.24) is 4.90 Å². The second-order valence-corrected chi connectivity index (χ2v) is 4.01. The molecule has 0 saturated heterocycles. The van der Waals surface area contributed by atoms with E-state index in [1.54, 1.807) is 20.2 Å². The quantitative estimate of drug-likeness (QED) is 0.845. The summed E-state index contributed by atoms with van der Waals surface area (Å²) in [5, 5.41) is 0. The monoisotopic (exact) mass is 275 g/mol. The van der Waals surface area contributed by atoms with E-state index in [0.717, 1.165) is 0 Å². The highest BCUT2D eigenvalue weighted by Crippen LogP contribution is 2.20. The van der Waals surface area contributed by atoms with Crippen LogP contribution in [0, 0.1) is 5.82 Å². The maximum absolute atomic E-state index is 13.0. The van der Waals surface area contributed by atoms with Gasteiger partial charge in [0.25, 0.3) is 5.91 Å². The average Bonchev–Trinajstić information content (AvgIpc) is 2.19. The van der Waals surface area contributed by atoms with Crippen molar-refractivity contribution >= 4 is 21.8 Å². The van der Waals surface area contributed by atoms with Gasteiger partial charge in [-0.25, -0.2) is 4.39 Å². The summed E-state index contributed by atoms with van der Waals surface area (Å²) in [4.78, 5) is 12.6. The van der Waals surface area contributed by atoms with Gasteiger partial charge in [0.05, 0.1) is 4.47 Å². The Bertz CT molecular complexity index is 368. The van der Waals surface area contributed by atoms with Crippen LogP contribution in [-0.4, -0.2) is 31.5 Å². The molecule has 0 N–H and O–H groups in total. The van der Waals surface area contributed by atoms with Crippen molar-refractivity contribution < 1.29 is 13.9 Å². The fourth-order valence-electron chi connectivity index (χ4n) is 0.841. The lowest BCUT2D eigenvalue weighted by atomic mass is 10.3. The van der Waals surface area contributed by atoms with Gasteiger partial charge in [-0.05, 0) is 28.1 Å². The summed E-state index contributed by atoms with van der Waals surface area (Å²) in [5.74, 6) is -0.242. The molecule has 0 fully saturated rings. The third-order valence-corrected chi connectivity index (χ3v) is 2.40. The summed E-state index contributed by atoms with van der Waals surface area (Å²) in [6, 6.07) is 4.36. The first-order valence-electron chi connectivity index (χ1n) is 4.28. The summed E-state index contributed by atoms with van der Waals surface area (Å²) in [5.41, 5.74) is 0. The summed E-state index contributed by atoms with van der Waals surface area (Å²) in [6.45, 7) is -0.0892. The number of halogens is 2. The Hall–Kier alpha value is -1.10. The van der Waals surface area contributed by atoms with Crippen molar-refractivity contribution in [2.45, 2.75) is 0 Å². The summed E-state index contributed by atoms with van der Waals surface area (Å²) in [6.07, 6.45) is 0. The predicted molar refractivity (Wildman–Crippen MR) is 58.3 cm³/mol. The largest absolute Gasteiger partial charge is 0.484 e. The van der Waals surface area contributed by atoms with Gasteiger partial charge in [-0.1, -0.05) is 0 Å². The molecule has 1 rings (SSSR count). The van der Waals surface area contributed by atoms with Crippen LogP contribution in [0.2, 0.25) is 0 Å². The van der Waals surface area contributed by atoms with Crippen LogP contribution in [0.5, 0.6) is 5.75 Å². The Morgan fingerprint density at radius 1 is 1.53 bits per heavy atom. The van der Waals surface area contributed by atoms with Gasteiger partial charge in [-0.3, -0.25) is 4.79 Å². The van der Waals surface area contributed by atoms with E-state index in [4.69, 9.17) is 4.74 Å². The average molecular weight is 276 g/mol. The van der Waals surface area contributed by atoms with E-state index >= 15 is 0 Å². The molecule has 0 saturated carbocycles. The minimum absolute atomic E-state index is 0.0892. The third kappa shape index (κ3) is 3.51. The lowest BCUT2D eigenvalue weighted by Gasteiger charge is -2.11. The predicted octanol–water partition coefficient (Wildman–Crippen LogP) is 2.06. The zero-order valence-electron chi connectivity index (χ0n) is 8.46. The highest BCUT2D eigenvalue weighted by Gasteiger charge is 2.06. The minimum atomic E-state index is -0.412. The fourth-order valence-corrected chi connectivity index (χ4v) is 1.09. The molecule has 0 radical (unpaired) electrons. The van der Waals surface area contributed by atoms with E-state index in [-0.39, 0.29) is 12.5 Å². The fraction of sp³-hybridized carbons (Fsp3) is 0.300. The minimum Gasteiger partial charge on any atom is -0.484 e. The molecule has 82 valence electrons. The van der Waals surface area contributed by atoms with E-state index in [9.17, 15) is 9.18 Å². The van der Waals surface area contributed by atoms with Crippen molar-refractivity contribution in [2.75, 3.05) is 20.7 Å². The van der Waals surface area contributed by atoms with Gasteiger partial charge < -0.3 is 9.64 Å². The maximum atomic E-state index is 13.0. The molecule has 0 unspecified atom stereocenters. The van der Waals surface area contributed by atoms with Crippen LogP contribution in [0.25, 0.3) is 0 Å². The molecular formula is C10H11BrFNO2. The molecule has 1 aromatic carbocycles. The van der Waals surface area contributed by atoms with Gasteiger partial charge in [-0.2, -0.15) is 0 Å². The summed E-state index contributed by atoms with van der Waals surface area (Å²) >= 11 is 3.03. The molecule has 0 aliphatic heterocycles. The van der Waals surface area contributed by atoms with Crippen molar-refractivity contribution in [3.8, 4) is 5.75 Å². The zero-order chi connectivity index (χ0) is 11.4. The van der Waals surface area contributed by atoms with Gasteiger partial charge >= 0.3 is 0 Å². The van der Waals surface area contributed by atoms with E-state index in [1.807, 2.05) is 0 Å². The van der Waals surface area contributed by atoms with Crippen LogP contribution in [0.15, 0.2) is 22.7 Å². The van der Waals surface area contributed by atoms with Gasteiger partial charge in [-0.15, -0.1) is 0 Å². The molecule has 0 heterocycles. The Morgan fingerprint density at radius 3 is 2.73 bits per heavy atom.